The van der Waals surface area contributed by atoms with Crippen molar-refractivity contribution in [1.29, 1.82) is 0 Å². The molecule has 1 aliphatic rings. The maximum atomic E-state index is 13.4. The van der Waals surface area contributed by atoms with Gasteiger partial charge in [0.2, 0.25) is 18.6 Å². The fourth-order valence-electron chi connectivity index (χ4n) is 4.92. The van der Waals surface area contributed by atoms with Crippen molar-refractivity contribution in [3.05, 3.63) is 83.7 Å². The Kier molecular flexibility index (Phi) is 9.08. The van der Waals surface area contributed by atoms with E-state index in [0.29, 0.717) is 40.3 Å². The number of aromatic amines is 1. The molecule has 5 N–H and O–H groups in total. The van der Waals surface area contributed by atoms with Crippen molar-refractivity contribution < 1.29 is 33.8 Å². The van der Waals surface area contributed by atoms with Gasteiger partial charge in [0, 0.05) is 5.69 Å². The minimum Gasteiger partial charge on any atom is -0.481 e. The lowest BCUT2D eigenvalue weighted by atomic mass is 9.99. The Morgan fingerprint density at radius 1 is 0.955 bits per heavy atom. The Morgan fingerprint density at radius 3 is 2.43 bits per heavy atom. The minimum absolute atomic E-state index is 0.000387. The first-order valence-corrected chi connectivity index (χ1v) is 14.2. The number of fused-ring (bicyclic) bond motifs is 2. The van der Waals surface area contributed by atoms with E-state index in [4.69, 9.17) is 9.47 Å². The summed E-state index contributed by atoms with van der Waals surface area (Å²) in [7, 11) is 0. The molecule has 0 saturated heterocycles. The fraction of sp³-hybridized carbons (Fsp3) is 0.281. The van der Waals surface area contributed by atoms with Crippen LogP contribution in [-0.4, -0.2) is 51.6 Å². The van der Waals surface area contributed by atoms with E-state index in [1.165, 1.54) is 0 Å². The van der Waals surface area contributed by atoms with Gasteiger partial charge in [-0.3, -0.25) is 19.2 Å². The minimum atomic E-state index is -1.09. The van der Waals surface area contributed by atoms with Crippen LogP contribution in [-0.2, 0) is 20.8 Å². The molecule has 0 spiro atoms. The molecule has 12 heteroatoms. The number of hydrogen-bond donors (Lipinski definition) is 5. The van der Waals surface area contributed by atoms with Crippen molar-refractivity contribution >= 4 is 40.4 Å². The molecule has 2 heterocycles. The lowest BCUT2D eigenvalue weighted by Crippen LogP contribution is -2.49. The largest absolute Gasteiger partial charge is 0.481 e. The Labute approximate surface area is 253 Å². The van der Waals surface area contributed by atoms with Crippen molar-refractivity contribution in [3.8, 4) is 11.5 Å². The van der Waals surface area contributed by atoms with Gasteiger partial charge in [0.1, 0.15) is 6.04 Å². The van der Waals surface area contributed by atoms with Crippen molar-refractivity contribution in [1.82, 2.24) is 20.6 Å². The summed E-state index contributed by atoms with van der Waals surface area (Å²) in [6, 6.07) is 17.4. The number of carbonyl (C=O) groups excluding carboxylic acids is 3. The number of H-pyrrole nitrogens is 1. The van der Waals surface area contributed by atoms with E-state index in [-0.39, 0.29) is 37.3 Å². The number of nitrogens with zero attached hydrogens (tertiary/aromatic N) is 1. The van der Waals surface area contributed by atoms with Crippen molar-refractivity contribution in [3.63, 3.8) is 0 Å². The van der Waals surface area contributed by atoms with Gasteiger partial charge in [-0.25, -0.2) is 4.98 Å². The van der Waals surface area contributed by atoms with Gasteiger partial charge in [-0.15, -0.1) is 0 Å². The number of carbonyl (C=O) groups is 4. The smallest absolute Gasteiger partial charge is 0.305 e. The molecule has 3 amide bonds. The number of nitrogens with one attached hydrogen (secondary N) is 4. The normalized spacial score (nSPS) is 13.3. The quantitative estimate of drug-likeness (QED) is 0.163. The van der Waals surface area contributed by atoms with E-state index in [0.717, 1.165) is 5.52 Å². The molecule has 12 nitrogen and oxygen atoms in total. The van der Waals surface area contributed by atoms with Gasteiger partial charge in [-0.05, 0) is 59.9 Å². The summed E-state index contributed by atoms with van der Waals surface area (Å²) in [5.41, 5.74) is 3.21. The number of benzene rings is 3. The highest BCUT2D eigenvalue weighted by molar-refractivity contribution is 6.03. The van der Waals surface area contributed by atoms with E-state index >= 15 is 0 Å². The number of aliphatic carboxylic acids is 1. The molecular formula is C32H33N5O7. The fourth-order valence-corrected chi connectivity index (χ4v) is 4.92. The maximum Gasteiger partial charge on any atom is 0.305 e. The number of anilines is 1. The van der Waals surface area contributed by atoms with Crippen LogP contribution in [0.1, 0.15) is 54.5 Å². The highest BCUT2D eigenvalue weighted by Gasteiger charge is 2.27. The van der Waals surface area contributed by atoms with Crippen molar-refractivity contribution in [2.75, 3.05) is 12.1 Å². The van der Waals surface area contributed by atoms with Crippen LogP contribution in [0.3, 0.4) is 0 Å². The van der Waals surface area contributed by atoms with E-state index in [9.17, 15) is 24.3 Å². The molecule has 4 aromatic rings. The highest BCUT2D eigenvalue weighted by Crippen LogP contribution is 2.35. The molecule has 0 radical (unpaired) electrons. The third kappa shape index (κ3) is 7.51. The standard InChI is InChI=1S/C32H33N5O7/c1-18(2)13-25(31(41)37-24(16-29(39)40)20-9-12-26-27(15-20)44-17-43-26)34-28(38)14-19-7-10-21(11-8-19)33-32(42)30-35-22-5-3-4-6-23(22)36-30/h3-12,15,18,24-25H,13-14,16-17H2,1-2H3,(H,33,42)(H,34,38)(H,35,36)(H,37,41)(H,39,40)/t24?,25-/m0/s1. The number of amides is 3. The predicted molar refractivity (Wildman–Crippen MR) is 161 cm³/mol. The molecule has 3 aromatic carbocycles. The summed E-state index contributed by atoms with van der Waals surface area (Å²) in [4.78, 5) is 57.9. The third-order valence-electron chi connectivity index (χ3n) is 7.03. The number of para-hydroxylation sites is 2. The van der Waals surface area contributed by atoms with Crippen LogP contribution >= 0.6 is 0 Å². The molecule has 2 atom stereocenters. The second-order valence-corrected chi connectivity index (χ2v) is 11.0. The average molecular weight is 600 g/mol. The highest BCUT2D eigenvalue weighted by atomic mass is 16.7. The zero-order chi connectivity index (χ0) is 31.2. The summed E-state index contributed by atoms with van der Waals surface area (Å²) < 4.78 is 10.7. The molecule has 1 unspecified atom stereocenters. The summed E-state index contributed by atoms with van der Waals surface area (Å²) in [6.07, 6.45) is -0.00138. The zero-order valence-corrected chi connectivity index (χ0v) is 24.3. The number of carboxylic acid groups (broad SMARTS) is 1. The van der Waals surface area contributed by atoms with Crippen LogP contribution in [0.4, 0.5) is 5.69 Å². The molecule has 0 aliphatic carbocycles. The zero-order valence-electron chi connectivity index (χ0n) is 24.3. The van der Waals surface area contributed by atoms with Gasteiger partial charge >= 0.3 is 5.97 Å². The molecule has 0 saturated carbocycles. The van der Waals surface area contributed by atoms with Crippen LogP contribution in [0.5, 0.6) is 11.5 Å². The van der Waals surface area contributed by atoms with Crippen molar-refractivity contribution in [2.45, 2.75) is 45.2 Å². The Balaban J connectivity index is 1.20. The number of carboxylic acids is 1. The number of ether oxygens (including phenoxy) is 2. The van der Waals surface area contributed by atoms with Gasteiger partial charge in [-0.2, -0.15) is 0 Å². The topological polar surface area (TPSA) is 172 Å². The Hall–Kier alpha value is -5.39. The monoisotopic (exact) mass is 599 g/mol. The van der Waals surface area contributed by atoms with Crippen molar-refractivity contribution in [2.24, 2.45) is 5.92 Å². The van der Waals surface area contributed by atoms with E-state index < -0.39 is 29.9 Å². The van der Waals surface area contributed by atoms with Crippen LogP contribution in [0, 0.1) is 5.92 Å². The summed E-state index contributed by atoms with van der Waals surface area (Å²) in [6.45, 7) is 3.92. The number of imidazole rings is 1. The summed E-state index contributed by atoms with van der Waals surface area (Å²) in [5, 5.41) is 17.9. The summed E-state index contributed by atoms with van der Waals surface area (Å²) >= 11 is 0. The molecule has 1 aliphatic heterocycles. The maximum absolute atomic E-state index is 13.4. The number of hydrogen-bond acceptors (Lipinski definition) is 7. The predicted octanol–water partition coefficient (Wildman–Crippen LogP) is 3.95. The first kappa shape index (κ1) is 30.1. The van der Waals surface area contributed by atoms with Gasteiger partial charge in [-0.1, -0.05) is 44.2 Å². The molecule has 44 heavy (non-hydrogen) atoms. The molecular weight excluding hydrogens is 566 g/mol. The molecule has 228 valence electrons. The number of rotatable bonds is 12. The van der Waals surface area contributed by atoms with E-state index in [2.05, 4.69) is 25.9 Å². The first-order chi connectivity index (χ1) is 21.1. The van der Waals surface area contributed by atoms with Gasteiger partial charge in [0.25, 0.3) is 5.91 Å². The Morgan fingerprint density at radius 2 is 1.70 bits per heavy atom. The second-order valence-electron chi connectivity index (χ2n) is 11.0. The first-order valence-electron chi connectivity index (χ1n) is 14.2. The lowest BCUT2D eigenvalue weighted by Gasteiger charge is -2.24. The Bertz CT molecular complexity index is 1650. The van der Waals surface area contributed by atoms with Gasteiger partial charge < -0.3 is 35.5 Å². The van der Waals surface area contributed by atoms with Gasteiger partial charge in [0.05, 0.1) is 29.9 Å². The molecule has 1 aromatic heterocycles. The molecule has 0 bridgehead atoms. The lowest BCUT2D eigenvalue weighted by molar-refractivity contribution is -0.138. The second kappa shape index (κ2) is 13.3. The van der Waals surface area contributed by atoms with Crippen LogP contribution in [0.15, 0.2) is 66.7 Å². The SMILES string of the molecule is CC(C)C[C@H](NC(=O)Cc1ccc(NC(=O)c2nc3ccccc3[nH]2)cc1)C(=O)NC(CC(=O)O)c1ccc2c(c1)OCO2. The number of aromatic nitrogens is 2. The van der Waals surface area contributed by atoms with Gasteiger partial charge in [0.15, 0.2) is 17.3 Å². The third-order valence-corrected chi connectivity index (χ3v) is 7.03. The average Bonchev–Trinajstić information content (AvgIpc) is 3.64. The van der Waals surface area contributed by atoms with E-state index in [1.807, 2.05) is 38.1 Å². The summed E-state index contributed by atoms with van der Waals surface area (Å²) in [5.74, 6) is -1.06. The van der Waals surface area contributed by atoms with Crippen LogP contribution < -0.4 is 25.4 Å². The van der Waals surface area contributed by atoms with Crippen LogP contribution in [0.25, 0.3) is 11.0 Å². The molecule has 0 fully saturated rings. The van der Waals surface area contributed by atoms with E-state index in [1.54, 1.807) is 42.5 Å². The van der Waals surface area contributed by atoms with Crippen LogP contribution in [0.2, 0.25) is 0 Å². The molecule has 5 rings (SSSR count).